The van der Waals surface area contributed by atoms with Crippen LogP contribution in [0.3, 0.4) is 0 Å². The van der Waals surface area contributed by atoms with Crippen LogP contribution in [0.2, 0.25) is 0 Å². The molecule has 1 aliphatic heterocycles. The summed E-state index contributed by atoms with van der Waals surface area (Å²) < 4.78 is 0. The molecule has 1 aromatic rings. The first-order valence-electron chi connectivity index (χ1n) is 9.85. The average molecular weight is 389 g/mol. The van der Waals surface area contributed by atoms with Gasteiger partial charge in [-0.15, -0.1) is 0 Å². The van der Waals surface area contributed by atoms with Gasteiger partial charge >= 0.3 is 6.03 Å². The van der Waals surface area contributed by atoms with Crippen LogP contribution >= 0.6 is 0 Å². The van der Waals surface area contributed by atoms with Crippen molar-refractivity contribution in [2.24, 2.45) is 11.8 Å². The van der Waals surface area contributed by atoms with Gasteiger partial charge in [-0.05, 0) is 43.4 Å². The lowest BCUT2D eigenvalue weighted by Crippen LogP contribution is -2.47. The van der Waals surface area contributed by atoms with E-state index in [2.05, 4.69) is 10.6 Å². The van der Waals surface area contributed by atoms with E-state index in [0.717, 1.165) is 18.4 Å². The highest BCUT2D eigenvalue weighted by Gasteiger charge is 2.29. The number of likely N-dealkylation sites (tertiary alicyclic amines) is 1. The first-order valence-corrected chi connectivity index (χ1v) is 9.85. The molecule has 0 aliphatic carbocycles. The average Bonchev–Trinajstić information content (AvgIpc) is 2.67. The summed E-state index contributed by atoms with van der Waals surface area (Å²) in [4.78, 5) is 40.5. The molecule has 1 heterocycles. The Balaban J connectivity index is 2.05. The van der Waals surface area contributed by atoms with Crippen molar-refractivity contribution in [2.75, 3.05) is 39.0 Å². The van der Waals surface area contributed by atoms with Crippen LogP contribution in [0.1, 0.15) is 42.6 Å². The maximum atomic E-state index is 12.8. The number of hydrogen-bond acceptors (Lipinski definition) is 3. The van der Waals surface area contributed by atoms with Gasteiger partial charge in [-0.3, -0.25) is 9.59 Å². The highest BCUT2D eigenvalue weighted by molar-refractivity contribution is 5.98. The van der Waals surface area contributed by atoms with Gasteiger partial charge in [0.15, 0.2) is 0 Å². The third kappa shape index (κ3) is 5.71. The van der Waals surface area contributed by atoms with E-state index in [-0.39, 0.29) is 23.8 Å². The lowest BCUT2D eigenvalue weighted by atomic mass is 9.97. The molecule has 0 spiro atoms. The molecular formula is C21H32N4O3. The Bertz CT molecular complexity index is 730. The Kier molecular flexibility index (Phi) is 7.43. The number of amides is 4. The van der Waals surface area contributed by atoms with Crippen molar-refractivity contribution < 1.29 is 14.4 Å². The number of anilines is 1. The topological polar surface area (TPSA) is 81.8 Å². The highest BCUT2D eigenvalue weighted by atomic mass is 16.2. The van der Waals surface area contributed by atoms with Gasteiger partial charge in [-0.2, -0.15) is 0 Å². The molecule has 1 fully saturated rings. The lowest BCUT2D eigenvalue weighted by molar-refractivity contribution is -0.121. The first-order chi connectivity index (χ1) is 13.2. The van der Waals surface area contributed by atoms with Crippen molar-refractivity contribution in [3.05, 3.63) is 29.3 Å². The second-order valence-corrected chi connectivity index (χ2v) is 8.08. The van der Waals surface area contributed by atoms with Crippen LogP contribution in [0.15, 0.2) is 18.2 Å². The summed E-state index contributed by atoms with van der Waals surface area (Å²) in [5.74, 6) is -0.146. The van der Waals surface area contributed by atoms with E-state index < -0.39 is 0 Å². The summed E-state index contributed by atoms with van der Waals surface area (Å²) in [6.07, 6.45) is 1.55. The Morgan fingerprint density at radius 1 is 1.25 bits per heavy atom. The summed E-state index contributed by atoms with van der Waals surface area (Å²) in [5, 5.41) is 5.85. The van der Waals surface area contributed by atoms with E-state index in [1.165, 1.54) is 4.90 Å². The van der Waals surface area contributed by atoms with E-state index in [4.69, 9.17) is 0 Å². The van der Waals surface area contributed by atoms with Crippen molar-refractivity contribution in [3.63, 3.8) is 0 Å². The molecule has 2 N–H and O–H groups in total. The Hall–Kier alpha value is -2.57. The second-order valence-electron chi connectivity index (χ2n) is 8.08. The quantitative estimate of drug-likeness (QED) is 0.814. The zero-order valence-electron chi connectivity index (χ0n) is 17.5. The van der Waals surface area contributed by atoms with E-state index >= 15 is 0 Å². The molecule has 154 valence electrons. The number of benzene rings is 1. The number of nitrogens with zero attached hydrogens (tertiary/aromatic N) is 2. The Morgan fingerprint density at radius 2 is 1.96 bits per heavy atom. The normalized spacial score (nSPS) is 16.6. The van der Waals surface area contributed by atoms with Crippen LogP contribution in [0, 0.1) is 18.8 Å². The summed E-state index contributed by atoms with van der Waals surface area (Å²) >= 11 is 0. The summed E-state index contributed by atoms with van der Waals surface area (Å²) in [6, 6.07) is 5.24. The number of rotatable bonds is 5. The number of hydrogen-bond donors (Lipinski definition) is 2. The van der Waals surface area contributed by atoms with Gasteiger partial charge in [-0.25, -0.2) is 4.79 Å². The number of aryl methyl sites for hydroxylation is 1. The minimum Gasteiger partial charge on any atom is -0.352 e. The molecule has 0 radical (unpaired) electrons. The molecule has 2 rings (SSSR count). The maximum absolute atomic E-state index is 12.8. The van der Waals surface area contributed by atoms with Crippen LogP contribution in [0.4, 0.5) is 10.5 Å². The van der Waals surface area contributed by atoms with Gasteiger partial charge in [0.25, 0.3) is 5.91 Å². The van der Waals surface area contributed by atoms with E-state index in [9.17, 15) is 14.4 Å². The second kappa shape index (κ2) is 9.57. The zero-order valence-corrected chi connectivity index (χ0v) is 17.5. The fourth-order valence-electron chi connectivity index (χ4n) is 3.18. The number of nitrogens with one attached hydrogen (secondary N) is 2. The van der Waals surface area contributed by atoms with Crippen LogP contribution in [0.25, 0.3) is 0 Å². The standard InChI is InChI=1S/C21H32N4O3/c1-14(2)12-22-19(26)16-9-8-15(3)18(11-16)23-20(27)17-7-6-10-25(13-17)21(28)24(4)5/h8-9,11,14,17H,6-7,10,12-13H2,1-5H3,(H,22,26)(H,23,27). The SMILES string of the molecule is Cc1ccc(C(=O)NCC(C)C)cc1NC(=O)C1CCCN(C(=O)N(C)C)C1. The largest absolute Gasteiger partial charge is 0.352 e. The molecule has 1 aliphatic rings. The highest BCUT2D eigenvalue weighted by Crippen LogP contribution is 2.22. The van der Waals surface area contributed by atoms with Crippen LogP contribution < -0.4 is 10.6 Å². The fourth-order valence-corrected chi connectivity index (χ4v) is 3.18. The van der Waals surface area contributed by atoms with Crippen LogP contribution in [-0.2, 0) is 4.79 Å². The van der Waals surface area contributed by atoms with E-state index in [1.54, 1.807) is 31.1 Å². The van der Waals surface area contributed by atoms with Gasteiger partial charge in [0.1, 0.15) is 0 Å². The van der Waals surface area contributed by atoms with E-state index in [1.807, 2.05) is 26.8 Å². The third-order valence-electron chi connectivity index (χ3n) is 4.87. The monoisotopic (exact) mass is 388 g/mol. The molecule has 7 nitrogen and oxygen atoms in total. The predicted molar refractivity (Wildman–Crippen MR) is 110 cm³/mol. The van der Waals surface area contributed by atoms with Crippen molar-refractivity contribution >= 4 is 23.5 Å². The van der Waals surface area contributed by atoms with Crippen molar-refractivity contribution in [2.45, 2.75) is 33.6 Å². The predicted octanol–water partition coefficient (Wildman–Crippen LogP) is 2.71. The molecule has 1 unspecified atom stereocenters. The van der Waals surface area contributed by atoms with Gasteiger partial charge in [0.05, 0.1) is 5.92 Å². The molecule has 1 atom stereocenters. The Morgan fingerprint density at radius 3 is 2.61 bits per heavy atom. The maximum Gasteiger partial charge on any atom is 0.319 e. The molecule has 0 bridgehead atoms. The minimum absolute atomic E-state index is 0.0718. The summed E-state index contributed by atoms with van der Waals surface area (Å²) in [7, 11) is 3.43. The molecule has 1 saturated heterocycles. The summed E-state index contributed by atoms with van der Waals surface area (Å²) in [5.41, 5.74) is 2.05. The Labute approximate surface area is 167 Å². The van der Waals surface area contributed by atoms with Gasteiger partial charge in [0, 0.05) is 45.0 Å². The van der Waals surface area contributed by atoms with Crippen LogP contribution in [-0.4, -0.2) is 61.4 Å². The van der Waals surface area contributed by atoms with Gasteiger partial charge in [0.2, 0.25) is 5.91 Å². The molecule has 7 heteroatoms. The molecule has 1 aromatic carbocycles. The van der Waals surface area contributed by atoms with Crippen molar-refractivity contribution in [1.29, 1.82) is 0 Å². The lowest BCUT2D eigenvalue weighted by Gasteiger charge is -2.33. The molecule has 0 aromatic heterocycles. The fraction of sp³-hybridized carbons (Fsp3) is 0.571. The smallest absolute Gasteiger partial charge is 0.319 e. The molecule has 4 amide bonds. The zero-order chi connectivity index (χ0) is 20.8. The van der Waals surface area contributed by atoms with Crippen molar-refractivity contribution in [3.8, 4) is 0 Å². The third-order valence-corrected chi connectivity index (χ3v) is 4.87. The number of piperidine rings is 1. The van der Waals surface area contributed by atoms with Crippen LogP contribution in [0.5, 0.6) is 0 Å². The number of carbonyl (C=O) groups excluding carboxylic acids is 3. The molecular weight excluding hydrogens is 356 g/mol. The number of urea groups is 1. The van der Waals surface area contributed by atoms with Gasteiger partial charge < -0.3 is 20.4 Å². The van der Waals surface area contributed by atoms with Gasteiger partial charge in [-0.1, -0.05) is 19.9 Å². The summed E-state index contributed by atoms with van der Waals surface area (Å²) in [6.45, 7) is 7.66. The molecule has 0 saturated carbocycles. The first kappa shape index (κ1) is 21.7. The molecule has 28 heavy (non-hydrogen) atoms. The van der Waals surface area contributed by atoms with E-state index in [0.29, 0.717) is 36.8 Å². The minimum atomic E-state index is -0.254. The number of carbonyl (C=O) groups is 3. The van der Waals surface area contributed by atoms with Crippen molar-refractivity contribution in [1.82, 2.24) is 15.1 Å².